The number of alkyl halides is 1. The lowest BCUT2D eigenvalue weighted by Gasteiger charge is -2.01. The van der Waals surface area contributed by atoms with Crippen LogP contribution >= 0.6 is 0 Å². The van der Waals surface area contributed by atoms with Crippen molar-refractivity contribution in [3.8, 4) is 5.75 Å². The van der Waals surface area contributed by atoms with Crippen LogP contribution in [0.2, 0.25) is 0 Å². The molecular formula is C18H17FN2O2. The van der Waals surface area contributed by atoms with Gasteiger partial charge in [0.2, 0.25) is 5.89 Å². The number of ether oxygens (including phenoxy) is 1. The minimum absolute atomic E-state index is 0.0367. The molecule has 0 aliphatic carbocycles. The van der Waals surface area contributed by atoms with Gasteiger partial charge in [-0.15, -0.1) is 0 Å². The van der Waals surface area contributed by atoms with Gasteiger partial charge in [-0.05, 0) is 35.9 Å². The van der Waals surface area contributed by atoms with Crippen molar-refractivity contribution in [1.29, 1.82) is 0 Å². The van der Waals surface area contributed by atoms with Crippen LogP contribution in [0.25, 0.3) is 23.3 Å². The molecule has 0 aliphatic heterocycles. The lowest BCUT2D eigenvalue weighted by atomic mass is 10.2. The van der Waals surface area contributed by atoms with Gasteiger partial charge in [-0.3, -0.25) is 0 Å². The molecular weight excluding hydrogens is 295 g/mol. The fourth-order valence-electron chi connectivity index (χ4n) is 2.17. The van der Waals surface area contributed by atoms with Crippen molar-refractivity contribution in [3.63, 3.8) is 0 Å². The minimum Gasteiger partial charge on any atom is -0.491 e. The van der Waals surface area contributed by atoms with Gasteiger partial charge in [0, 0.05) is 24.9 Å². The van der Waals surface area contributed by atoms with Crippen molar-refractivity contribution in [1.82, 2.24) is 4.98 Å². The summed E-state index contributed by atoms with van der Waals surface area (Å²) in [6.45, 7) is -0.482. The maximum absolute atomic E-state index is 12.1. The van der Waals surface area contributed by atoms with Gasteiger partial charge < -0.3 is 14.5 Å². The van der Waals surface area contributed by atoms with Gasteiger partial charge in [-0.25, -0.2) is 9.37 Å². The maximum atomic E-state index is 12.1. The van der Waals surface area contributed by atoms with Crippen molar-refractivity contribution in [2.45, 2.75) is 0 Å². The first-order valence-electron chi connectivity index (χ1n) is 7.34. The zero-order chi connectivity index (χ0) is 16.1. The smallest absolute Gasteiger partial charge is 0.220 e. The molecule has 1 N–H and O–H groups in total. The van der Waals surface area contributed by atoms with E-state index in [1.807, 2.05) is 43.5 Å². The van der Waals surface area contributed by atoms with E-state index in [-0.39, 0.29) is 6.61 Å². The van der Waals surface area contributed by atoms with E-state index in [0.717, 1.165) is 16.8 Å². The number of rotatable bonds is 6. The first kappa shape index (κ1) is 15.1. The van der Waals surface area contributed by atoms with Gasteiger partial charge in [-0.2, -0.15) is 0 Å². The number of aromatic nitrogens is 1. The molecule has 1 heterocycles. The summed E-state index contributed by atoms with van der Waals surface area (Å²) >= 11 is 0. The molecule has 118 valence electrons. The number of fused-ring (bicyclic) bond motifs is 1. The number of nitrogens with zero attached hydrogens (tertiary/aromatic N) is 1. The van der Waals surface area contributed by atoms with Crippen LogP contribution < -0.4 is 10.1 Å². The van der Waals surface area contributed by atoms with Crippen LogP contribution in [0, 0.1) is 0 Å². The van der Waals surface area contributed by atoms with E-state index in [2.05, 4.69) is 10.3 Å². The molecule has 0 atom stereocenters. The normalized spacial score (nSPS) is 11.2. The number of hydrogen-bond donors (Lipinski definition) is 1. The Labute approximate surface area is 133 Å². The Morgan fingerprint density at radius 1 is 1.17 bits per heavy atom. The highest BCUT2D eigenvalue weighted by atomic mass is 19.1. The Morgan fingerprint density at radius 2 is 2.00 bits per heavy atom. The number of anilines is 1. The van der Waals surface area contributed by atoms with Crippen molar-refractivity contribution >= 4 is 28.9 Å². The molecule has 23 heavy (non-hydrogen) atoms. The maximum Gasteiger partial charge on any atom is 0.220 e. The monoisotopic (exact) mass is 312 g/mol. The molecule has 0 saturated heterocycles. The van der Waals surface area contributed by atoms with Crippen LogP contribution in [0.15, 0.2) is 46.9 Å². The zero-order valence-corrected chi connectivity index (χ0v) is 12.8. The molecule has 0 fully saturated rings. The molecule has 3 rings (SSSR count). The first-order valence-corrected chi connectivity index (χ1v) is 7.34. The van der Waals surface area contributed by atoms with Gasteiger partial charge in [0.15, 0.2) is 5.58 Å². The molecule has 3 aromatic rings. The third-order valence-corrected chi connectivity index (χ3v) is 3.34. The zero-order valence-electron chi connectivity index (χ0n) is 12.8. The summed E-state index contributed by atoms with van der Waals surface area (Å²) in [4.78, 5) is 4.39. The second kappa shape index (κ2) is 6.96. The third kappa shape index (κ3) is 3.69. The van der Waals surface area contributed by atoms with E-state index in [1.54, 1.807) is 18.2 Å². The predicted molar refractivity (Wildman–Crippen MR) is 90.4 cm³/mol. The Kier molecular flexibility index (Phi) is 4.57. The molecule has 1 aromatic heterocycles. The highest BCUT2D eigenvalue weighted by Crippen LogP contribution is 2.22. The topological polar surface area (TPSA) is 47.3 Å². The second-order valence-corrected chi connectivity index (χ2v) is 4.92. The summed E-state index contributed by atoms with van der Waals surface area (Å²) in [5, 5.41) is 3.08. The van der Waals surface area contributed by atoms with Gasteiger partial charge in [-0.1, -0.05) is 12.1 Å². The van der Waals surface area contributed by atoms with E-state index in [0.29, 0.717) is 17.2 Å². The third-order valence-electron chi connectivity index (χ3n) is 3.34. The average molecular weight is 312 g/mol. The molecule has 5 heteroatoms. The average Bonchev–Trinajstić information content (AvgIpc) is 3.00. The highest BCUT2D eigenvalue weighted by Gasteiger charge is 2.05. The summed E-state index contributed by atoms with van der Waals surface area (Å²) in [5.74, 6) is 1.09. The van der Waals surface area contributed by atoms with E-state index in [1.165, 1.54) is 0 Å². The van der Waals surface area contributed by atoms with E-state index in [9.17, 15) is 4.39 Å². The molecule has 0 spiro atoms. The molecule has 0 aliphatic rings. The number of halogens is 1. The molecule has 0 unspecified atom stereocenters. The van der Waals surface area contributed by atoms with Crippen molar-refractivity contribution in [2.24, 2.45) is 0 Å². The van der Waals surface area contributed by atoms with Crippen LogP contribution in [0.1, 0.15) is 11.5 Å². The van der Waals surface area contributed by atoms with Crippen molar-refractivity contribution < 1.29 is 13.5 Å². The van der Waals surface area contributed by atoms with Gasteiger partial charge in [0.25, 0.3) is 0 Å². The number of hydrogen-bond acceptors (Lipinski definition) is 4. The van der Waals surface area contributed by atoms with E-state index in [4.69, 9.17) is 9.15 Å². The standard InChI is InChI=1S/C18H17FN2O2/c1-20-14-5-2-13(3-6-14)4-9-18-21-16-8-7-15(22-11-10-19)12-17(16)23-18/h2-9,12,20H,10-11H2,1H3/b9-4+. The summed E-state index contributed by atoms with van der Waals surface area (Å²) in [7, 11) is 1.88. The lowest BCUT2D eigenvalue weighted by Crippen LogP contribution is -1.97. The fraction of sp³-hybridized carbons (Fsp3) is 0.167. The fourth-order valence-corrected chi connectivity index (χ4v) is 2.17. The number of nitrogens with one attached hydrogen (secondary N) is 1. The quantitative estimate of drug-likeness (QED) is 0.733. The molecule has 0 saturated carbocycles. The van der Waals surface area contributed by atoms with E-state index < -0.39 is 6.67 Å². The van der Waals surface area contributed by atoms with Gasteiger partial charge >= 0.3 is 0 Å². The summed E-state index contributed by atoms with van der Waals surface area (Å²) in [6.07, 6.45) is 3.75. The lowest BCUT2D eigenvalue weighted by molar-refractivity contribution is 0.273. The van der Waals surface area contributed by atoms with Crippen molar-refractivity contribution in [2.75, 3.05) is 25.6 Å². The van der Waals surface area contributed by atoms with Gasteiger partial charge in [0.05, 0.1) is 0 Å². The van der Waals surface area contributed by atoms with Crippen LogP contribution in [0.3, 0.4) is 0 Å². The first-order chi connectivity index (χ1) is 11.3. The molecule has 0 amide bonds. The molecule has 4 nitrogen and oxygen atoms in total. The SMILES string of the molecule is CNc1ccc(/C=C/c2nc3ccc(OCCF)cc3o2)cc1. The Hall–Kier alpha value is -2.82. The van der Waals surface area contributed by atoms with Gasteiger partial charge in [0.1, 0.15) is 24.5 Å². The molecule has 0 bridgehead atoms. The van der Waals surface area contributed by atoms with Crippen LogP contribution in [0.5, 0.6) is 5.75 Å². The Balaban J connectivity index is 1.77. The summed E-state index contributed by atoms with van der Waals surface area (Å²) in [6, 6.07) is 13.3. The molecule has 2 aromatic carbocycles. The largest absolute Gasteiger partial charge is 0.491 e. The Morgan fingerprint density at radius 3 is 2.74 bits per heavy atom. The summed E-state index contributed by atoms with van der Waals surface area (Å²) in [5.41, 5.74) is 3.47. The van der Waals surface area contributed by atoms with E-state index >= 15 is 0 Å². The number of oxazole rings is 1. The van der Waals surface area contributed by atoms with Crippen LogP contribution in [-0.2, 0) is 0 Å². The Bertz CT molecular complexity index is 810. The highest BCUT2D eigenvalue weighted by molar-refractivity contribution is 5.77. The number of benzene rings is 2. The van der Waals surface area contributed by atoms with Crippen LogP contribution in [-0.4, -0.2) is 25.3 Å². The predicted octanol–water partition coefficient (Wildman–Crippen LogP) is 4.39. The minimum atomic E-state index is -0.519. The van der Waals surface area contributed by atoms with Crippen molar-refractivity contribution in [3.05, 3.63) is 53.9 Å². The molecule has 0 radical (unpaired) electrons. The second-order valence-electron chi connectivity index (χ2n) is 4.92. The summed E-state index contributed by atoms with van der Waals surface area (Å²) < 4.78 is 23.0. The van der Waals surface area contributed by atoms with Crippen LogP contribution in [0.4, 0.5) is 10.1 Å².